The summed E-state index contributed by atoms with van der Waals surface area (Å²) in [7, 11) is 0. The van der Waals surface area contributed by atoms with Crippen LogP contribution in [0.5, 0.6) is 0 Å². The molecule has 4 heteroatoms. The standard InChI is InChI=1S/C16H10ClN2O/c17-12-3-6-14-15(7-8-18-16(14)9-12)19-13-4-1-11(10-20)2-5-13/h1-9H,(H,18,19). The summed E-state index contributed by atoms with van der Waals surface area (Å²) in [4.78, 5) is 14.8. The summed E-state index contributed by atoms with van der Waals surface area (Å²) < 4.78 is 0. The lowest BCUT2D eigenvalue weighted by Gasteiger charge is -2.09. The Bertz CT molecular complexity index is 769. The van der Waals surface area contributed by atoms with Gasteiger partial charge in [-0.25, -0.2) is 0 Å². The smallest absolute Gasteiger partial charge is 0.233 e. The van der Waals surface area contributed by atoms with E-state index in [2.05, 4.69) is 10.3 Å². The number of nitrogens with zero attached hydrogens (tertiary/aromatic N) is 1. The fraction of sp³-hybridized carbons (Fsp3) is 0. The fourth-order valence-corrected chi connectivity index (χ4v) is 2.17. The highest BCUT2D eigenvalue weighted by Gasteiger charge is 2.03. The van der Waals surface area contributed by atoms with Crippen molar-refractivity contribution in [2.24, 2.45) is 0 Å². The van der Waals surface area contributed by atoms with Crippen LogP contribution in [0.2, 0.25) is 5.02 Å². The van der Waals surface area contributed by atoms with E-state index < -0.39 is 0 Å². The monoisotopic (exact) mass is 281 g/mol. The first-order valence-corrected chi connectivity index (χ1v) is 6.43. The number of aromatic nitrogens is 1. The summed E-state index contributed by atoms with van der Waals surface area (Å²) in [6.07, 6.45) is 3.58. The maximum atomic E-state index is 10.5. The topological polar surface area (TPSA) is 42.0 Å². The number of halogens is 1. The van der Waals surface area contributed by atoms with Crippen molar-refractivity contribution in [2.45, 2.75) is 0 Å². The molecule has 1 N–H and O–H groups in total. The number of hydrogen-bond acceptors (Lipinski definition) is 3. The third kappa shape index (κ3) is 2.49. The second-order valence-corrected chi connectivity index (χ2v) is 4.76. The van der Waals surface area contributed by atoms with Gasteiger partial charge in [0, 0.05) is 33.5 Å². The van der Waals surface area contributed by atoms with Crippen LogP contribution in [0.4, 0.5) is 11.4 Å². The molecule has 0 saturated carbocycles. The molecule has 2 aromatic carbocycles. The van der Waals surface area contributed by atoms with E-state index in [-0.39, 0.29) is 0 Å². The lowest BCUT2D eigenvalue weighted by Crippen LogP contribution is -1.93. The Morgan fingerprint density at radius 3 is 2.60 bits per heavy atom. The van der Waals surface area contributed by atoms with Crippen molar-refractivity contribution in [2.75, 3.05) is 5.32 Å². The Kier molecular flexibility index (Phi) is 3.35. The molecule has 0 bridgehead atoms. The first kappa shape index (κ1) is 12.6. The highest BCUT2D eigenvalue weighted by atomic mass is 35.5. The van der Waals surface area contributed by atoms with Crippen molar-refractivity contribution in [1.29, 1.82) is 0 Å². The molecular formula is C16H10ClN2O. The van der Waals surface area contributed by atoms with Crippen LogP contribution in [-0.4, -0.2) is 11.3 Å². The van der Waals surface area contributed by atoms with E-state index in [9.17, 15) is 4.79 Å². The quantitative estimate of drug-likeness (QED) is 0.786. The van der Waals surface area contributed by atoms with Gasteiger partial charge < -0.3 is 5.32 Å². The Morgan fingerprint density at radius 2 is 1.85 bits per heavy atom. The summed E-state index contributed by atoms with van der Waals surface area (Å²) in [5.41, 5.74) is 3.20. The number of rotatable bonds is 3. The van der Waals surface area contributed by atoms with Gasteiger partial charge in [-0.2, -0.15) is 0 Å². The molecule has 0 unspecified atom stereocenters. The largest absolute Gasteiger partial charge is 0.355 e. The molecule has 0 aliphatic rings. The van der Waals surface area contributed by atoms with Gasteiger partial charge in [0.2, 0.25) is 6.29 Å². The van der Waals surface area contributed by atoms with Gasteiger partial charge in [-0.3, -0.25) is 9.78 Å². The van der Waals surface area contributed by atoms with Crippen LogP contribution < -0.4 is 5.32 Å². The second-order valence-electron chi connectivity index (χ2n) is 4.32. The molecule has 3 rings (SSSR count). The van der Waals surface area contributed by atoms with Gasteiger partial charge in [0.25, 0.3) is 0 Å². The third-order valence-corrected chi connectivity index (χ3v) is 3.22. The summed E-state index contributed by atoms with van der Waals surface area (Å²) in [6.45, 7) is 0. The first-order valence-electron chi connectivity index (χ1n) is 6.06. The number of carbonyl (C=O) groups excluding carboxylic acids is 1. The molecule has 0 saturated heterocycles. The molecule has 0 amide bonds. The van der Waals surface area contributed by atoms with Gasteiger partial charge >= 0.3 is 0 Å². The van der Waals surface area contributed by atoms with Gasteiger partial charge in [-0.05, 0) is 48.5 Å². The van der Waals surface area contributed by atoms with Crippen molar-refractivity contribution in [3.05, 3.63) is 65.3 Å². The molecule has 1 heterocycles. The second kappa shape index (κ2) is 5.31. The Balaban J connectivity index is 1.99. The van der Waals surface area contributed by atoms with E-state index in [1.807, 2.05) is 42.7 Å². The molecular weight excluding hydrogens is 272 g/mol. The minimum absolute atomic E-state index is 0.530. The molecule has 1 aromatic heterocycles. The summed E-state index contributed by atoms with van der Waals surface area (Å²) >= 11 is 5.97. The predicted molar refractivity (Wildman–Crippen MR) is 81.3 cm³/mol. The molecule has 0 spiro atoms. The van der Waals surface area contributed by atoms with E-state index in [0.717, 1.165) is 22.3 Å². The predicted octanol–water partition coefficient (Wildman–Crippen LogP) is 4.09. The normalized spacial score (nSPS) is 10.4. The van der Waals surface area contributed by atoms with Crippen LogP contribution in [0.1, 0.15) is 5.56 Å². The Hall–Kier alpha value is -2.39. The van der Waals surface area contributed by atoms with Crippen LogP contribution in [0, 0.1) is 0 Å². The first-order chi connectivity index (χ1) is 9.76. The number of hydrogen-bond donors (Lipinski definition) is 1. The van der Waals surface area contributed by atoms with Gasteiger partial charge in [0.15, 0.2) is 0 Å². The average molecular weight is 282 g/mol. The fourth-order valence-electron chi connectivity index (χ4n) is 2.01. The zero-order valence-corrected chi connectivity index (χ0v) is 11.2. The van der Waals surface area contributed by atoms with Crippen molar-refractivity contribution < 1.29 is 4.79 Å². The van der Waals surface area contributed by atoms with Crippen molar-refractivity contribution in [1.82, 2.24) is 4.98 Å². The van der Waals surface area contributed by atoms with E-state index in [0.29, 0.717) is 10.6 Å². The molecule has 97 valence electrons. The van der Waals surface area contributed by atoms with Gasteiger partial charge in [0.05, 0.1) is 5.52 Å². The maximum absolute atomic E-state index is 10.5. The summed E-state index contributed by atoms with van der Waals surface area (Å²) in [6, 6.07) is 14.6. The lowest BCUT2D eigenvalue weighted by molar-refractivity contribution is 0.563. The molecule has 3 nitrogen and oxygen atoms in total. The summed E-state index contributed by atoms with van der Waals surface area (Å²) in [5.74, 6) is 0. The maximum Gasteiger partial charge on any atom is 0.233 e. The van der Waals surface area contributed by atoms with Gasteiger partial charge in [-0.15, -0.1) is 0 Å². The molecule has 20 heavy (non-hydrogen) atoms. The minimum Gasteiger partial charge on any atom is -0.355 e. The highest BCUT2D eigenvalue weighted by molar-refractivity contribution is 6.31. The molecule has 1 radical (unpaired) electrons. The number of pyridine rings is 1. The van der Waals surface area contributed by atoms with E-state index >= 15 is 0 Å². The number of nitrogens with one attached hydrogen (secondary N) is 1. The highest BCUT2D eigenvalue weighted by Crippen LogP contribution is 2.27. The van der Waals surface area contributed by atoms with Crippen LogP contribution in [0.15, 0.2) is 54.7 Å². The Labute approximate surface area is 121 Å². The molecule has 0 fully saturated rings. The lowest BCUT2D eigenvalue weighted by atomic mass is 10.1. The molecule has 0 aliphatic heterocycles. The number of fused-ring (bicyclic) bond motifs is 1. The number of anilines is 2. The van der Waals surface area contributed by atoms with E-state index in [4.69, 9.17) is 11.6 Å². The van der Waals surface area contributed by atoms with Crippen LogP contribution in [0.25, 0.3) is 10.9 Å². The molecule has 3 aromatic rings. The summed E-state index contributed by atoms with van der Waals surface area (Å²) in [5, 5.41) is 4.95. The molecule has 0 aliphatic carbocycles. The van der Waals surface area contributed by atoms with Crippen molar-refractivity contribution in [3.8, 4) is 0 Å². The van der Waals surface area contributed by atoms with Crippen LogP contribution in [0.3, 0.4) is 0 Å². The van der Waals surface area contributed by atoms with Crippen LogP contribution >= 0.6 is 11.6 Å². The average Bonchev–Trinajstić information content (AvgIpc) is 2.48. The zero-order chi connectivity index (χ0) is 13.9. The molecule has 0 atom stereocenters. The van der Waals surface area contributed by atoms with Gasteiger partial charge in [-0.1, -0.05) is 11.6 Å². The van der Waals surface area contributed by atoms with E-state index in [1.165, 1.54) is 0 Å². The van der Waals surface area contributed by atoms with E-state index in [1.54, 1.807) is 18.3 Å². The SMILES string of the molecule is O=[C]c1ccc(Nc2ccnc3cc(Cl)ccc23)cc1. The minimum atomic E-state index is 0.530. The van der Waals surface area contributed by atoms with Crippen molar-refractivity contribution >= 4 is 40.2 Å². The zero-order valence-electron chi connectivity index (χ0n) is 10.4. The van der Waals surface area contributed by atoms with Crippen molar-refractivity contribution in [3.63, 3.8) is 0 Å². The number of benzene rings is 2. The third-order valence-electron chi connectivity index (χ3n) is 2.99. The Morgan fingerprint density at radius 1 is 1.05 bits per heavy atom. The van der Waals surface area contributed by atoms with Crippen LogP contribution in [-0.2, 0) is 4.79 Å². The van der Waals surface area contributed by atoms with Gasteiger partial charge in [0.1, 0.15) is 0 Å².